The van der Waals surface area contributed by atoms with Gasteiger partial charge in [-0.3, -0.25) is 9.10 Å². The van der Waals surface area contributed by atoms with Crippen molar-refractivity contribution in [2.75, 3.05) is 29.0 Å². The number of fused-ring (bicyclic) bond motifs is 1. The van der Waals surface area contributed by atoms with Gasteiger partial charge in [0.15, 0.2) is 6.10 Å². The predicted octanol–water partition coefficient (Wildman–Crippen LogP) is 2.73. The number of amides is 1. The van der Waals surface area contributed by atoms with Gasteiger partial charge < -0.3 is 14.8 Å². The molecule has 1 heterocycles. The molecule has 0 fully saturated rings. The molecule has 0 aliphatic carbocycles. The van der Waals surface area contributed by atoms with E-state index in [9.17, 15) is 18.0 Å². The second-order valence-electron chi connectivity index (χ2n) is 6.89. The fourth-order valence-electron chi connectivity index (χ4n) is 3.27. The van der Waals surface area contributed by atoms with Gasteiger partial charge in [0.05, 0.1) is 24.1 Å². The number of nitrogens with one attached hydrogen (secondary N) is 1. The number of hydrogen-bond donors (Lipinski definition) is 1. The van der Waals surface area contributed by atoms with Crippen molar-refractivity contribution in [3.63, 3.8) is 0 Å². The van der Waals surface area contributed by atoms with E-state index in [4.69, 9.17) is 9.47 Å². The van der Waals surface area contributed by atoms with Gasteiger partial charge in [-0.1, -0.05) is 18.2 Å². The molecule has 9 heteroatoms. The number of para-hydroxylation sites is 2. The van der Waals surface area contributed by atoms with E-state index in [0.717, 1.165) is 6.26 Å². The molecule has 0 saturated carbocycles. The molecule has 8 nitrogen and oxygen atoms in total. The molecule has 1 aliphatic heterocycles. The quantitative estimate of drug-likeness (QED) is 0.729. The summed E-state index contributed by atoms with van der Waals surface area (Å²) in [5, 5.41) is 2.79. The summed E-state index contributed by atoms with van der Waals surface area (Å²) >= 11 is 0. The monoisotopic (exact) mass is 432 g/mol. The number of carbonyl (C=O) groups excluding carboxylic acids is 2. The third kappa shape index (κ3) is 4.56. The van der Waals surface area contributed by atoms with Gasteiger partial charge in [0.2, 0.25) is 10.0 Å². The molecule has 2 aromatic carbocycles. The normalized spacial score (nSPS) is 16.1. The van der Waals surface area contributed by atoms with E-state index >= 15 is 0 Å². The van der Waals surface area contributed by atoms with Crippen LogP contribution >= 0.6 is 0 Å². The molecule has 1 aliphatic rings. The molecule has 30 heavy (non-hydrogen) atoms. The number of rotatable bonds is 5. The highest BCUT2D eigenvalue weighted by Crippen LogP contribution is 2.34. The Hall–Kier alpha value is -3.07. The van der Waals surface area contributed by atoms with Gasteiger partial charge in [0.1, 0.15) is 5.75 Å². The number of carbonyl (C=O) groups is 2. The number of hydrogen-bond acceptors (Lipinski definition) is 6. The number of sulfonamides is 1. The van der Waals surface area contributed by atoms with Crippen LogP contribution in [0.1, 0.15) is 29.3 Å². The maximum Gasteiger partial charge on any atom is 0.338 e. The third-order valence-electron chi connectivity index (χ3n) is 4.78. The zero-order valence-corrected chi connectivity index (χ0v) is 17.9. The van der Waals surface area contributed by atoms with Crippen LogP contribution in [0, 0.1) is 6.92 Å². The summed E-state index contributed by atoms with van der Waals surface area (Å²) in [6.45, 7) is 3.80. The van der Waals surface area contributed by atoms with Crippen LogP contribution in [0.5, 0.6) is 5.75 Å². The molecule has 0 aromatic heterocycles. The van der Waals surface area contributed by atoms with E-state index in [2.05, 4.69) is 5.32 Å². The van der Waals surface area contributed by atoms with Gasteiger partial charge in [-0.25, -0.2) is 13.2 Å². The molecule has 0 radical (unpaired) electrons. The molecular weight excluding hydrogens is 408 g/mol. The second kappa shape index (κ2) is 8.74. The van der Waals surface area contributed by atoms with E-state index in [-0.39, 0.29) is 19.6 Å². The Balaban J connectivity index is 1.84. The molecule has 0 saturated heterocycles. The van der Waals surface area contributed by atoms with Crippen LogP contribution < -0.4 is 14.4 Å². The van der Waals surface area contributed by atoms with Gasteiger partial charge in [-0.05, 0) is 43.7 Å². The lowest BCUT2D eigenvalue weighted by atomic mass is 10.1. The van der Waals surface area contributed by atoms with Crippen molar-refractivity contribution >= 4 is 33.3 Å². The van der Waals surface area contributed by atoms with E-state index in [1.165, 1.54) is 4.31 Å². The molecule has 160 valence electrons. The first-order valence-electron chi connectivity index (χ1n) is 9.53. The Kier molecular flexibility index (Phi) is 6.31. The average molecular weight is 432 g/mol. The summed E-state index contributed by atoms with van der Waals surface area (Å²) in [4.78, 5) is 25.0. The van der Waals surface area contributed by atoms with Crippen LogP contribution in [0.15, 0.2) is 42.5 Å². The molecule has 0 spiro atoms. The summed E-state index contributed by atoms with van der Waals surface area (Å²) in [6, 6.07) is 11.7. The SMILES string of the molecule is CCOC(=O)c1cccc(NC(=O)[C@@H]2CCN(S(C)(=O)=O)c3ccccc3O2)c1C. The largest absolute Gasteiger partial charge is 0.478 e. The Morgan fingerprint density at radius 2 is 1.93 bits per heavy atom. The van der Waals surface area contributed by atoms with E-state index in [1.807, 2.05) is 0 Å². The number of anilines is 2. The summed E-state index contributed by atoms with van der Waals surface area (Å²) < 4.78 is 36.5. The van der Waals surface area contributed by atoms with Crippen LogP contribution in [0.25, 0.3) is 0 Å². The minimum atomic E-state index is -3.53. The van der Waals surface area contributed by atoms with Crippen LogP contribution in [0.4, 0.5) is 11.4 Å². The lowest BCUT2D eigenvalue weighted by Gasteiger charge is -2.20. The number of nitrogens with zero attached hydrogens (tertiary/aromatic N) is 1. The zero-order chi connectivity index (χ0) is 21.9. The first-order chi connectivity index (χ1) is 14.2. The maximum atomic E-state index is 12.9. The standard InChI is InChI=1S/C21H24N2O6S/c1-4-28-21(25)15-8-7-9-16(14(15)2)22-20(24)19-12-13-23(30(3,26)27)17-10-5-6-11-18(17)29-19/h5-11,19H,4,12-13H2,1-3H3,(H,22,24)/t19-/m0/s1. The fraction of sp³-hybridized carbons (Fsp3) is 0.333. The van der Waals surface area contributed by atoms with Gasteiger partial charge in [0.25, 0.3) is 5.91 Å². The summed E-state index contributed by atoms with van der Waals surface area (Å²) in [7, 11) is -3.53. The van der Waals surface area contributed by atoms with Crippen molar-refractivity contribution in [3.05, 3.63) is 53.6 Å². The van der Waals surface area contributed by atoms with Crippen LogP contribution in [-0.4, -0.2) is 45.8 Å². The van der Waals surface area contributed by atoms with Crippen molar-refractivity contribution in [2.24, 2.45) is 0 Å². The number of esters is 1. The third-order valence-corrected chi connectivity index (χ3v) is 5.96. The Bertz CT molecular complexity index is 1070. The molecule has 1 atom stereocenters. The van der Waals surface area contributed by atoms with Gasteiger partial charge in [-0.2, -0.15) is 0 Å². The van der Waals surface area contributed by atoms with Crippen molar-refractivity contribution in [1.29, 1.82) is 0 Å². The Labute approximate surface area is 175 Å². The molecule has 1 amide bonds. The van der Waals surface area contributed by atoms with Crippen molar-refractivity contribution in [1.82, 2.24) is 0 Å². The van der Waals surface area contributed by atoms with E-state index in [1.54, 1.807) is 56.3 Å². The molecule has 1 N–H and O–H groups in total. The summed E-state index contributed by atoms with van der Waals surface area (Å²) in [6.07, 6.45) is 0.391. The smallest absolute Gasteiger partial charge is 0.338 e. The fourth-order valence-corrected chi connectivity index (χ4v) is 4.22. The first kappa shape index (κ1) is 21.6. The molecule has 3 rings (SSSR count). The minimum Gasteiger partial charge on any atom is -0.478 e. The van der Waals surface area contributed by atoms with Gasteiger partial charge in [0, 0.05) is 18.7 Å². The average Bonchev–Trinajstić information content (AvgIpc) is 2.89. The first-order valence-corrected chi connectivity index (χ1v) is 11.4. The molecular formula is C21H24N2O6S. The lowest BCUT2D eigenvalue weighted by molar-refractivity contribution is -0.122. The van der Waals surface area contributed by atoms with Gasteiger partial charge >= 0.3 is 5.97 Å². The van der Waals surface area contributed by atoms with Gasteiger partial charge in [-0.15, -0.1) is 0 Å². The lowest BCUT2D eigenvalue weighted by Crippen LogP contribution is -2.36. The topological polar surface area (TPSA) is 102 Å². The van der Waals surface area contributed by atoms with Crippen molar-refractivity contribution in [2.45, 2.75) is 26.4 Å². The van der Waals surface area contributed by atoms with Crippen molar-refractivity contribution < 1.29 is 27.5 Å². The van der Waals surface area contributed by atoms with E-state index < -0.39 is 28.0 Å². The van der Waals surface area contributed by atoms with Crippen LogP contribution in [-0.2, 0) is 19.6 Å². The molecule has 0 bridgehead atoms. The summed E-state index contributed by atoms with van der Waals surface area (Å²) in [5.74, 6) is -0.573. The number of ether oxygens (including phenoxy) is 2. The minimum absolute atomic E-state index is 0.107. The highest BCUT2D eigenvalue weighted by molar-refractivity contribution is 7.92. The predicted molar refractivity (Wildman–Crippen MR) is 113 cm³/mol. The van der Waals surface area contributed by atoms with Crippen LogP contribution in [0.3, 0.4) is 0 Å². The number of benzene rings is 2. The Morgan fingerprint density at radius 3 is 2.63 bits per heavy atom. The second-order valence-corrected chi connectivity index (χ2v) is 8.79. The molecule has 0 unspecified atom stereocenters. The van der Waals surface area contributed by atoms with Crippen molar-refractivity contribution in [3.8, 4) is 5.75 Å². The Morgan fingerprint density at radius 1 is 1.20 bits per heavy atom. The highest BCUT2D eigenvalue weighted by Gasteiger charge is 2.31. The molecule has 2 aromatic rings. The summed E-state index contributed by atoms with van der Waals surface area (Å²) in [5.41, 5.74) is 1.81. The zero-order valence-electron chi connectivity index (χ0n) is 17.0. The highest BCUT2D eigenvalue weighted by atomic mass is 32.2. The van der Waals surface area contributed by atoms with E-state index in [0.29, 0.717) is 28.3 Å². The maximum absolute atomic E-state index is 12.9. The van der Waals surface area contributed by atoms with Crippen LogP contribution in [0.2, 0.25) is 0 Å².